The van der Waals surface area contributed by atoms with E-state index < -0.39 is 0 Å². The number of rotatable bonds is 8. The fraction of sp³-hybridized carbons (Fsp3) is 1.00. The normalized spacial score (nSPS) is 28.0. The molecule has 0 aromatic heterocycles. The van der Waals surface area contributed by atoms with Crippen LogP contribution in [0, 0.1) is 11.8 Å². The van der Waals surface area contributed by atoms with Gasteiger partial charge in [-0.2, -0.15) is 0 Å². The molecule has 1 saturated carbocycles. The van der Waals surface area contributed by atoms with Crippen molar-refractivity contribution < 1.29 is 4.74 Å². The van der Waals surface area contributed by atoms with Gasteiger partial charge in [0.05, 0.1) is 6.10 Å². The third-order valence-electron chi connectivity index (χ3n) is 4.68. The molecule has 0 saturated heterocycles. The maximum atomic E-state index is 5.45. The van der Waals surface area contributed by atoms with E-state index in [4.69, 9.17) is 4.74 Å². The second kappa shape index (κ2) is 8.92. The van der Waals surface area contributed by atoms with E-state index in [2.05, 4.69) is 26.1 Å². The Balaban J connectivity index is 2.43. The Labute approximate surface area is 114 Å². The maximum Gasteiger partial charge on any atom is 0.0558 e. The minimum atomic E-state index is 0.378. The van der Waals surface area contributed by atoms with Gasteiger partial charge in [0.25, 0.3) is 0 Å². The van der Waals surface area contributed by atoms with Gasteiger partial charge in [0.15, 0.2) is 0 Å². The zero-order valence-electron chi connectivity index (χ0n) is 12.9. The molecule has 0 aromatic rings. The molecule has 108 valence electrons. The van der Waals surface area contributed by atoms with Crippen LogP contribution < -0.4 is 5.32 Å². The van der Waals surface area contributed by atoms with Crippen LogP contribution in [-0.2, 0) is 4.74 Å². The summed E-state index contributed by atoms with van der Waals surface area (Å²) in [5, 5.41) is 3.76. The van der Waals surface area contributed by atoms with E-state index in [0.29, 0.717) is 12.1 Å². The first-order valence-electron chi connectivity index (χ1n) is 7.97. The summed E-state index contributed by atoms with van der Waals surface area (Å²) in [4.78, 5) is 0. The minimum Gasteiger partial charge on any atom is -0.382 e. The lowest BCUT2D eigenvalue weighted by Crippen LogP contribution is -2.40. The van der Waals surface area contributed by atoms with Crippen LogP contribution in [0.5, 0.6) is 0 Å². The number of ether oxygens (including phenoxy) is 1. The Kier molecular flexibility index (Phi) is 7.92. The Morgan fingerprint density at radius 2 is 1.83 bits per heavy atom. The van der Waals surface area contributed by atoms with Gasteiger partial charge in [-0.3, -0.25) is 0 Å². The average molecular weight is 255 g/mol. The van der Waals surface area contributed by atoms with E-state index >= 15 is 0 Å². The summed E-state index contributed by atoms with van der Waals surface area (Å²) in [6.07, 6.45) is 9.84. The average Bonchev–Trinajstić information content (AvgIpc) is 2.43. The van der Waals surface area contributed by atoms with Gasteiger partial charge in [-0.05, 0) is 51.0 Å². The quantitative estimate of drug-likeness (QED) is 0.708. The summed E-state index contributed by atoms with van der Waals surface area (Å²) in [6.45, 7) is 7.93. The third kappa shape index (κ3) is 5.27. The Morgan fingerprint density at radius 1 is 1.17 bits per heavy atom. The molecule has 0 spiro atoms. The SMILES string of the molecule is CCCNC(CC(C)OC)C1CCC(CC)CC1. The van der Waals surface area contributed by atoms with Gasteiger partial charge < -0.3 is 10.1 Å². The predicted octanol–water partition coefficient (Wildman–Crippen LogP) is 4.00. The summed E-state index contributed by atoms with van der Waals surface area (Å²) in [5.74, 6) is 1.87. The van der Waals surface area contributed by atoms with Crippen LogP contribution in [0.1, 0.15) is 65.7 Å². The highest BCUT2D eigenvalue weighted by molar-refractivity contribution is 4.83. The van der Waals surface area contributed by atoms with Gasteiger partial charge in [0, 0.05) is 13.2 Å². The van der Waals surface area contributed by atoms with Crippen LogP contribution in [0.25, 0.3) is 0 Å². The van der Waals surface area contributed by atoms with E-state index in [9.17, 15) is 0 Å². The molecule has 1 aliphatic rings. The largest absolute Gasteiger partial charge is 0.382 e. The Bertz CT molecular complexity index is 199. The first-order chi connectivity index (χ1) is 8.71. The molecule has 0 aromatic carbocycles. The molecule has 0 bridgehead atoms. The molecule has 18 heavy (non-hydrogen) atoms. The molecule has 0 aliphatic heterocycles. The second-order valence-corrected chi connectivity index (χ2v) is 6.03. The smallest absolute Gasteiger partial charge is 0.0558 e. The number of methoxy groups -OCH3 is 1. The van der Waals surface area contributed by atoms with Crippen molar-refractivity contribution in [3.05, 3.63) is 0 Å². The fourth-order valence-electron chi connectivity index (χ4n) is 3.22. The van der Waals surface area contributed by atoms with Crippen LogP contribution in [0.2, 0.25) is 0 Å². The first-order valence-corrected chi connectivity index (χ1v) is 7.97. The Morgan fingerprint density at radius 3 is 2.33 bits per heavy atom. The Hall–Kier alpha value is -0.0800. The summed E-state index contributed by atoms with van der Waals surface area (Å²) in [5.41, 5.74) is 0. The first kappa shape index (κ1) is 16.0. The van der Waals surface area contributed by atoms with Crippen LogP contribution in [0.3, 0.4) is 0 Å². The molecule has 2 unspecified atom stereocenters. The lowest BCUT2D eigenvalue weighted by molar-refractivity contribution is 0.0843. The molecule has 2 atom stereocenters. The molecular weight excluding hydrogens is 222 g/mol. The second-order valence-electron chi connectivity index (χ2n) is 6.03. The monoisotopic (exact) mass is 255 g/mol. The molecule has 0 heterocycles. The van der Waals surface area contributed by atoms with Crippen molar-refractivity contribution in [2.75, 3.05) is 13.7 Å². The molecule has 0 amide bonds. The lowest BCUT2D eigenvalue weighted by Gasteiger charge is -2.35. The van der Waals surface area contributed by atoms with Crippen LogP contribution >= 0.6 is 0 Å². The molecule has 1 N–H and O–H groups in total. The van der Waals surface area contributed by atoms with Crippen molar-refractivity contribution >= 4 is 0 Å². The van der Waals surface area contributed by atoms with Crippen LogP contribution in [0.15, 0.2) is 0 Å². The van der Waals surface area contributed by atoms with E-state index in [-0.39, 0.29) is 0 Å². The molecule has 1 rings (SSSR count). The maximum absolute atomic E-state index is 5.45. The van der Waals surface area contributed by atoms with Crippen molar-refractivity contribution in [2.24, 2.45) is 11.8 Å². The van der Waals surface area contributed by atoms with Gasteiger partial charge >= 0.3 is 0 Å². The van der Waals surface area contributed by atoms with Crippen molar-refractivity contribution in [1.29, 1.82) is 0 Å². The van der Waals surface area contributed by atoms with Gasteiger partial charge in [0.1, 0.15) is 0 Å². The van der Waals surface area contributed by atoms with E-state index in [1.165, 1.54) is 38.5 Å². The highest BCUT2D eigenvalue weighted by atomic mass is 16.5. The molecular formula is C16H33NO. The summed E-state index contributed by atoms with van der Waals surface area (Å²) in [6, 6.07) is 0.665. The topological polar surface area (TPSA) is 21.3 Å². The van der Waals surface area contributed by atoms with Gasteiger partial charge in [-0.15, -0.1) is 0 Å². The van der Waals surface area contributed by atoms with Crippen molar-refractivity contribution in [2.45, 2.75) is 77.9 Å². The molecule has 2 nitrogen and oxygen atoms in total. The van der Waals surface area contributed by atoms with E-state index in [1.807, 2.05) is 7.11 Å². The predicted molar refractivity (Wildman–Crippen MR) is 78.9 cm³/mol. The molecule has 2 heteroatoms. The van der Waals surface area contributed by atoms with Gasteiger partial charge in [-0.25, -0.2) is 0 Å². The standard InChI is InChI=1S/C16H33NO/c1-5-11-17-16(12-13(3)18-4)15-9-7-14(6-2)8-10-15/h13-17H,5-12H2,1-4H3. The van der Waals surface area contributed by atoms with Crippen LogP contribution in [0.4, 0.5) is 0 Å². The number of hydrogen-bond acceptors (Lipinski definition) is 2. The number of hydrogen-bond donors (Lipinski definition) is 1. The van der Waals surface area contributed by atoms with Crippen molar-refractivity contribution in [1.82, 2.24) is 5.32 Å². The third-order valence-corrected chi connectivity index (χ3v) is 4.68. The zero-order chi connectivity index (χ0) is 13.4. The zero-order valence-corrected chi connectivity index (χ0v) is 12.9. The number of nitrogens with one attached hydrogen (secondary N) is 1. The van der Waals surface area contributed by atoms with E-state index in [0.717, 1.165) is 24.8 Å². The van der Waals surface area contributed by atoms with Gasteiger partial charge in [0.2, 0.25) is 0 Å². The summed E-state index contributed by atoms with van der Waals surface area (Å²) >= 11 is 0. The van der Waals surface area contributed by atoms with Crippen LogP contribution in [-0.4, -0.2) is 25.8 Å². The summed E-state index contributed by atoms with van der Waals surface area (Å²) in [7, 11) is 1.83. The molecule has 1 fully saturated rings. The molecule has 1 aliphatic carbocycles. The highest BCUT2D eigenvalue weighted by Gasteiger charge is 2.27. The van der Waals surface area contributed by atoms with Crippen molar-refractivity contribution in [3.8, 4) is 0 Å². The van der Waals surface area contributed by atoms with Gasteiger partial charge in [-0.1, -0.05) is 33.1 Å². The fourth-order valence-corrected chi connectivity index (χ4v) is 3.22. The molecule has 0 radical (unpaired) electrons. The summed E-state index contributed by atoms with van der Waals surface area (Å²) < 4.78 is 5.45. The highest BCUT2D eigenvalue weighted by Crippen LogP contribution is 2.33. The van der Waals surface area contributed by atoms with Crippen molar-refractivity contribution in [3.63, 3.8) is 0 Å². The lowest BCUT2D eigenvalue weighted by atomic mass is 9.76. The van der Waals surface area contributed by atoms with E-state index in [1.54, 1.807) is 0 Å². The minimum absolute atomic E-state index is 0.378.